The number of amides is 6. The molecule has 0 aliphatic carbocycles. The van der Waals surface area contributed by atoms with E-state index < -0.39 is 54.1 Å². The topological polar surface area (TPSA) is 467 Å². The van der Waals surface area contributed by atoms with Crippen LogP contribution in [0.15, 0.2) is 60.8 Å². The summed E-state index contributed by atoms with van der Waals surface area (Å²) in [5, 5.41) is 112. The predicted octanol–water partition coefficient (Wildman–Crippen LogP) is 22.1. The van der Waals surface area contributed by atoms with Crippen LogP contribution >= 0.6 is 0 Å². The third-order valence-electron chi connectivity index (χ3n) is 28.5. The normalized spacial score (nSPS) is 19.3. The monoisotopic (exact) mass is 2110 g/mol. The Kier molecular flexibility index (Phi) is 86.0. The molecular formula is C120H204N6O24. The number of allylic oxidation sites excluding steroid dienone is 2. The maximum atomic E-state index is 12.3. The number of aliphatic hydroxyl groups is 6. The minimum atomic E-state index is -0.810. The summed E-state index contributed by atoms with van der Waals surface area (Å²) in [5.74, 6) is 8.35. The van der Waals surface area contributed by atoms with Gasteiger partial charge in [-0.05, 0) is 218 Å². The summed E-state index contributed by atoms with van der Waals surface area (Å²) in [6, 6.07) is 0.824. The lowest BCUT2D eigenvalue weighted by molar-refractivity contribution is -0.138. The highest BCUT2D eigenvalue weighted by Crippen LogP contribution is 2.30. The molecule has 0 aromatic heterocycles. The van der Waals surface area contributed by atoms with E-state index in [-0.39, 0.29) is 129 Å². The molecule has 6 amide bonds. The van der Waals surface area contributed by atoms with E-state index in [2.05, 4.69) is 65.2 Å². The first-order valence-electron chi connectivity index (χ1n) is 58.7. The van der Waals surface area contributed by atoms with Crippen molar-refractivity contribution >= 4 is 71.3 Å². The van der Waals surface area contributed by atoms with Gasteiger partial charge in [0.15, 0.2) is 0 Å². The first-order valence-corrected chi connectivity index (χ1v) is 58.7. The molecule has 12 atom stereocenters. The van der Waals surface area contributed by atoms with E-state index in [0.29, 0.717) is 116 Å². The lowest BCUT2D eigenvalue weighted by Gasteiger charge is -2.36. The molecule has 0 spiro atoms. The summed E-state index contributed by atoms with van der Waals surface area (Å²) >= 11 is 0. The maximum Gasteiger partial charge on any atom is 0.303 e. The number of carbonyl (C=O) groups is 12. The molecule has 6 heterocycles. The van der Waals surface area contributed by atoms with Gasteiger partial charge in [0.1, 0.15) is 0 Å². The Hall–Kier alpha value is -8.78. The minimum Gasteiger partial charge on any atom is -0.481 e. The van der Waals surface area contributed by atoms with Gasteiger partial charge < -0.3 is 90.7 Å². The summed E-state index contributed by atoms with van der Waals surface area (Å²) in [5.41, 5.74) is 0. The summed E-state index contributed by atoms with van der Waals surface area (Å²) in [6.07, 6.45) is 74.9. The molecule has 0 aromatic carbocycles. The summed E-state index contributed by atoms with van der Waals surface area (Å²) in [4.78, 5) is 147. The van der Waals surface area contributed by atoms with Crippen molar-refractivity contribution in [1.29, 1.82) is 0 Å². The van der Waals surface area contributed by atoms with Crippen molar-refractivity contribution in [2.24, 2.45) is 0 Å². The van der Waals surface area contributed by atoms with Crippen LogP contribution in [0, 0.1) is 23.7 Å². The average molecular weight is 2110 g/mol. The number of aliphatic carboxylic acids is 6. The van der Waals surface area contributed by atoms with Gasteiger partial charge in [-0.15, -0.1) is 11.8 Å². The van der Waals surface area contributed by atoms with Crippen molar-refractivity contribution in [3.05, 3.63) is 60.8 Å². The number of carboxylic acid groups (broad SMARTS) is 6. The maximum absolute atomic E-state index is 12.3. The molecule has 12 N–H and O–H groups in total. The van der Waals surface area contributed by atoms with Gasteiger partial charge in [0.25, 0.3) is 0 Å². The first kappa shape index (κ1) is 139. The zero-order chi connectivity index (χ0) is 111. The van der Waals surface area contributed by atoms with E-state index in [1.165, 1.54) is 12.8 Å². The quantitative estimate of drug-likeness (QED) is 0.0153. The lowest BCUT2D eigenvalue weighted by Crippen LogP contribution is -2.44. The zero-order valence-corrected chi connectivity index (χ0v) is 93.4. The van der Waals surface area contributed by atoms with Gasteiger partial charge in [0, 0.05) is 134 Å². The Morgan fingerprint density at radius 1 is 0.273 bits per heavy atom. The fraction of sp³-hybridized carbons (Fsp3) is 0.783. The second kappa shape index (κ2) is 92.7. The van der Waals surface area contributed by atoms with Gasteiger partial charge in [-0.2, -0.15) is 0 Å². The van der Waals surface area contributed by atoms with Crippen molar-refractivity contribution in [3.8, 4) is 23.7 Å². The van der Waals surface area contributed by atoms with Crippen LogP contribution < -0.4 is 0 Å². The molecule has 6 fully saturated rings. The van der Waals surface area contributed by atoms with Gasteiger partial charge in [0.2, 0.25) is 35.4 Å². The molecule has 0 aromatic rings. The third kappa shape index (κ3) is 74.3. The number of rotatable bonds is 73. The van der Waals surface area contributed by atoms with E-state index in [9.17, 15) is 88.2 Å². The Balaban J connectivity index is 0.000000900. The third-order valence-corrected chi connectivity index (χ3v) is 28.5. The number of carbonyl (C=O) groups excluding carboxylic acids is 6. The van der Waals surface area contributed by atoms with Crippen LogP contribution in [-0.2, 0) is 57.5 Å². The molecule has 0 radical (unpaired) electrons. The highest BCUT2D eigenvalue weighted by Gasteiger charge is 2.33. The Bertz CT molecular complexity index is 3920. The molecule has 6 unspecified atom stereocenters. The fourth-order valence-corrected chi connectivity index (χ4v) is 19.5. The van der Waals surface area contributed by atoms with E-state index in [1.807, 2.05) is 85.3 Å². The van der Waals surface area contributed by atoms with Crippen LogP contribution in [0.2, 0.25) is 0 Å². The number of hydrogen-bond acceptors (Lipinski definition) is 18. The molecule has 6 rings (SSSR count). The second-order valence-corrected chi connectivity index (χ2v) is 41.7. The predicted molar refractivity (Wildman–Crippen MR) is 593 cm³/mol. The Morgan fingerprint density at radius 3 is 0.907 bits per heavy atom. The number of unbranched alkanes of at least 4 members (excludes halogenated alkanes) is 22. The molecule has 30 nitrogen and oxygen atoms in total. The highest BCUT2D eigenvalue weighted by atomic mass is 16.4. The number of hydrogen-bond donors (Lipinski definition) is 12. The van der Waals surface area contributed by atoms with E-state index in [1.54, 1.807) is 4.90 Å². The largest absolute Gasteiger partial charge is 0.481 e. The standard InChI is InChI=1S/C20H37NO4.2C20H35NO4.2C20H33NO4.C20H31NO4/c6*1-2-3-6-11-18(22)15-14-17-10-9-12-19(23)21(17)16-8-5-4-7-13-20(24)25/h17-18,22H,2-16H2,1H3,(H,24,25);14-15,17-18,22H,2-13,16H2,1H3,(H,24,25);5,8,17-18,22H,2-4,6-7,9-16H2,1H3,(H,24,25);17-18,22H,2-4,6-7,9-16H2,1H3,(H,24,25);5,8,14-15,17-18,22H,2-4,6-7,9-13,16H2,1H3,(H,24,25);14-15,17-18,22H,2-4,6-7,9-13,16H2,1H3,(H,24,25)/b;15-14+;8-5-;;8-5-,15-14+;15-14+/t6*17-,18?/m111111/s1. The van der Waals surface area contributed by atoms with Gasteiger partial charge in [0.05, 0.1) is 67.8 Å². The van der Waals surface area contributed by atoms with Gasteiger partial charge in [-0.25, -0.2) is 0 Å². The number of carboxylic acids is 6. The van der Waals surface area contributed by atoms with E-state index in [0.717, 1.165) is 321 Å². The first-order chi connectivity index (χ1) is 72.2. The van der Waals surface area contributed by atoms with Crippen LogP contribution in [0.3, 0.4) is 0 Å². The fourth-order valence-electron chi connectivity index (χ4n) is 19.5. The smallest absolute Gasteiger partial charge is 0.303 e. The van der Waals surface area contributed by atoms with Crippen molar-refractivity contribution in [2.45, 2.75) is 564 Å². The molecule has 0 bridgehead atoms. The number of piperidine rings is 6. The Labute approximate surface area is 902 Å². The lowest BCUT2D eigenvalue weighted by atomic mass is 9.94. The van der Waals surface area contributed by atoms with Crippen molar-refractivity contribution < 1.29 is 119 Å². The van der Waals surface area contributed by atoms with Gasteiger partial charge in [-0.1, -0.05) is 255 Å². The van der Waals surface area contributed by atoms with Crippen LogP contribution in [0.5, 0.6) is 0 Å². The van der Waals surface area contributed by atoms with Crippen LogP contribution in [-0.4, -0.2) is 274 Å². The van der Waals surface area contributed by atoms with Crippen LogP contribution in [0.25, 0.3) is 0 Å². The molecule has 30 heteroatoms. The number of aliphatic hydroxyl groups excluding tert-OH is 6. The molecule has 6 aliphatic heterocycles. The summed E-state index contributed by atoms with van der Waals surface area (Å²) in [7, 11) is 0. The highest BCUT2D eigenvalue weighted by molar-refractivity contribution is 5.80. The van der Waals surface area contributed by atoms with Crippen LogP contribution in [0.4, 0.5) is 0 Å². The van der Waals surface area contributed by atoms with Crippen molar-refractivity contribution in [1.82, 2.24) is 29.4 Å². The van der Waals surface area contributed by atoms with Crippen LogP contribution in [0.1, 0.15) is 491 Å². The van der Waals surface area contributed by atoms with Gasteiger partial charge >= 0.3 is 35.8 Å². The Morgan fingerprint density at radius 2 is 0.540 bits per heavy atom. The minimum absolute atomic E-state index is 0.00426. The number of likely N-dealkylation sites (tertiary alicyclic amines) is 6. The van der Waals surface area contributed by atoms with Crippen molar-refractivity contribution in [3.63, 3.8) is 0 Å². The molecule has 6 aliphatic rings. The average Bonchev–Trinajstić information content (AvgIpc) is 0.881. The molecule has 0 saturated carbocycles. The van der Waals surface area contributed by atoms with E-state index in [4.69, 9.17) is 30.6 Å². The molecule has 858 valence electrons. The zero-order valence-electron chi connectivity index (χ0n) is 93.4. The molecule has 150 heavy (non-hydrogen) atoms. The summed E-state index contributed by atoms with van der Waals surface area (Å²) < 4.78 is 0. The SMILES string of the molecule is CCCCCC(O)/C=C/[C@H]1CCCC(=O)N1C/C=C\CCCC(=O)O.CCCCCC(O)/C=C/[C@H]1CCCC(=O)N1CC#CCCCC(=O)O.CCCCCC(O)/C=C/[C@H]1CCCC(=O)N1CCCCCCC(=O)O.CCCCCC(O)CC[C@H]1CCCC(=O)N1C/C=C\CCCC(=O)O.CCCCCC(O)CC[C@H]1CCCC(=O)N1CC#CCCCC(=O)O.CCCCCC(O)CC[C@H]1CCCC(=O)N1CCCCCCC(=O)O. The summed E-state index contributed by atoms with van der Waals surface area (Å²) in [6.45, 7) is 16.3. The van der Waals surface area contributed by atoms with Crippen molar-refractivity contribution in [2.75, 3.05) is 39.3 Å². The molecular weight excluding hydrogens is 1910 g/mol. The van der Waals surface area contributed by atoms with Gasteiger partial charge in [-0.3, -0.25) is 57.5 Å². The van der Waals surface area contributed by atoms with E-state index >= 15 is 0 Å². The second-order valence-electron chi connectivity index (χ2n) is 41.7. The number of nitrogens with zero attached hydrogens (tertiary/aromatic N) is 6. The molecule has 6 saturated heterocycles.